The lowest BCUT2D eigenvalue weighted by Crippen LogP contribution is -2.14. The van der Waals surface area contributed by atoms with Gasteiger partial charge in [-0.15, -0.1) is 10.2 Å². The van der Waals surface area contributed by atoms with E-state index in [0.29, 0.717) is 5.16 Å². The van der Waals surface area contributed by atoms with E-state index in [4.69, 9.17) is 4.74 Å². The van der Waals surface area contributed by atoms with Gasteiger partial charge in [-0.3, -0.25) is 9.36 Å². The molecule has 0 saturated carbocycles. The van der Waals surface area contributed by atoms with E-state index in [1.807, 2.05) is 78.2 Å². The number of hydrogen-bond donors (Lipinski definition) is 1. The highest BCUT2D eigenvalue weighted by atomic mass is 32.2. The molecule has 1 N–H and O–H groups in total. The van der Waals surface area contributed by atoms with E-state index >= 15 is 0 Å². The number of methoxy groups -OCH3 is 1. The molecule has 1 aromatic heterocycles. The zero-order valence-corrected chi connectivity index (χ0v) is 19.5. The molecule has 1 amide bonds. The monoisotopic (exact) mass is 458 g/mol. The summed E-state index contributed by atoms with van der Waals surface area (Å²) in [4.78, 5) is 12.5. The summed E-state index contributed by atoms with van der Waals surface area (Å²) in [6.45, 7) is 2.02. The van der Waals surface area contributed by atoms with Crippen LogP contribution in [0.25, 0.3) is 5.69 Å². The molecule has 7 heteroatoms. The number of hydrogen-bond acceptors (Lipinski definition) is 5. The number of anilines is 1. The van der Waals surface area contributed by atoms with E-state index in [0.717, 1.165) is 41.4 Å². The summed E-state index contributed by atoms with van der Waals surface area (Å²) in [6, 6.07) is 25.8. The molecule has 4 aromatic rings. The highest BCUT2D eigenvalue weighted by molar-refractivity contribution is 7.99. The molecule has 3 aromatic carbocycles. The fraction of sp³-hybridized carbons (Fsp3) is 0.192. The first-order valence-electron chi connectivity index (χ1n) is 10.7. The van der Waals surface area contributed by atoms with E-state index in [1.165, 1.54) is 17.3 Å². The van der Waals surface area contributed by atoms with Gasteiger partial charge in [0, 0.05) is 17.8 Å². The number of thioether (sulfide) groups is 1. The van der Waals surface area contributed by atoms with Crippen molar-refractivity contribution in [3.63, 3.8) is 0 Å². The smallest absolute Gasteiger partial charge is 0.234 e. The number of amides is 1. The summed E-state index contributed by atoms with van der Waals surface area (Å²) in [6.07, 6.45) is 1.59. The van der Waals surface area contributed by atoms with Crippen LogP contribution in [0.15, 0.2) is 84.0 Å². The van der Waals surface area contributed by atoms with Crippen LogP contribution in [-0.2, 0) is 17.6 Å². The van der Waals surface area contributed by atoms with Crippen LogP contribution in [0.1, 0.15) is 17.0 Å². The second-order valence-electron chi connectivity index (χ2n) is 7.62. The van der Waals surface area contributed by atoms with E-state index in [2.05, 4.69) is 27.6 Å². The van der Waals surface area contributed by atoms with Crippen molar-refractivity contribution in [2.24, 2.45) is 0 Å². The Labute approximate surface area is 198 Å². The third kappa shape index (κ3) is 6.02. The number of aryl methyl sites for hydroxylation is 3. The molecule has 0 atom stereocenters. The summed E-state index contributed by atoms with van der Waals surface area (Å²) >= 11 is 1.37. The van der Waals surface area contributed by atoms with Gasteiger partial charge in [-0.05, 0) is 55.3 Å². The van der Waals surface area contributed by atoms with E-state index in [-0.39, 0.29) is 11.7 Å². The number of carbonyl (C=O) groups excluding carboxylic acids is 1. The standard InChI is InChI=1S/C26H26N4O2S/c1-19-8-11-21(12-9-19)27-25(31)18-33-26-29-28-24(17-10-20-6-4-3-5-7-20)30(26)22-13-15-23(32-2)16-14-22/h3-9,11-16H,10,17-18H2,1-2H3,(H,27,31). The lowest BCUT2D eigenvalue weighted by Gasteiger charge is -2.11. The minimum absolute atomic E-state index is 0.0843. The number of carbonyl (C=O) groups is 1. The zero-order valence-electron chi connectivity index (χ0n) is 18.7. The summed E-state index contributed by atoms with van der Waals surface area (Å²) in [5.41, 5.74) is 4.11. The zero-order chi connectivity index (χ0) is 23.0. The molecule has 0 aliphatic heterocycles. The van der Waals surface area contributed by atoms with Crippen molar-refractivity contribution in [3.8, 4) is 11.4 Å². The Bertz CT molecular complexity index is 1190. The topological polar surface area (TPSA) is 69.0 Å². The average Bonchev–Trinajstić information content (AvgIpc) is 3.26. The lowest BCUT2D eigenvalue weighted by molar-refractivity contribution is -0.113. The van der Waals surface area contributed by atoms with Gasteiger partial charge in [0.05, 0.1) is 12.9 Å². The molecule has 168 valence electrons. The van der Waals surface area contributed by atoms with Crippen molar-refractivity contribution in [3.05, 3.63) is 95.8 Å². The molecule has 0 bridgehead atoms. The van der Waals surface area contributed by atoms with Crippen molar-refractivity contribution < 1.29 is 9.53 Å². The molecule has 0 saturated heterocycles. The second kappa shape index (κ2) is 10.8. The molecule has 6 nitrogen and oxygen atoms in total. The van der Waals surface area contributed by atoms with Gasteiger partial charge in [0.2, 0.25) is 5.91 Å². The predicted octanol–water partition coefficient (Wildman–Crippen LogP) is 5.10. The van der Waals surface area contributed by atoms with Crippen LogP contribution in [0.4, 0.5) is 5.69 Å². The first-order chi connectivity index (χ1) is 16.1. The molecule has 4 rings (SSSR count). The van der Waals surface area contributed by atoms with Crippen LogP contribution in [0.2, 0.25) is 0 Å². The Morgan fingerprint density at radius 3 is 2.36 bits per heavy atom. The maximum Gasteiger partial charge on any atom is 0.234 e. The molecule has 0 unspecified atom stereocenters. The Kier molecular flexibility index (Phi) is 7.42. The molecular formula is C26H26N4O2S. The fourth-order valence-corrected chi connectivity index (χ4v) is 4.18. The third-order valence-electron chi connectivity index (χ3n) is 5.18. The third-order valence-corrected chi connectivity index (χ3v) is 6.11. The minimum atomic E-state index is -0.0843. The normalized spacial score (nSPS) is 10.7. The molecular weight excluding hydrogens is 432 g/mol. The van der Waals surface area contributed by atoms with Gasteiger partial charge in [0.15, 0.2) is 5.16 Å². The van der Waals surface area contributed by atoms with Crippen LogP contribution >= 0.6 is 11.8 Å². The van der Waals surface area contributed by atoms with Crippen molar-refractivity contribution in [2.45, 2.75) is 24.9 Å². The van der Waals surface area contributed by atoms with Gasteiger partial charge in [0.1, 0.15) is 11.6 Å². The van der Waals surface area contributed by atoms with Crippen molar-refractivity contribution >= 4 is 23.4 Å². The Hall–Kier alpha value is -3.58. The molecule has 1 heterocycles. The molecule has 0 aliphatic carbocycles. The van der Waals surface area contributed by atoms with Crippen LogP contribution in [0, 0.1) is 6.92 Å². The maximum atomic E-state index is 12.5. The Morgan fingerprint density at radius 2 is 1.67 bits per heavy atom. The number of nitrogens with one attached hydrogen (secondary N) is 1. The van der Waals surface area contributed by atoms with Crippen molar-refractivity contribution in [1.29, 1.82) is 0 Å². The van der Waals surface area contributed by atoms with Crippen LogP contribution < -0.4 is 10.1 Å². The van der Waals surface area contributed by atoms with Gasteiger partial charge in [-0.1, -0.05) is 59.8 Å². The van der Waals surface area contributed by atoms with Crippen LogP contribution in [-0.4, -0.2) is 33.5 Å². The van der Waals surface area contributed by atoms with Gasteiger partial charge >= 0.3 is 0 Å². The number of aromatic nitrogens is 3. The summed E-state index contributed by atoms with van der Waals surface area (Å²) in [5, 5.41) is 12.5. The van der Waals surface area contributed by atoms with Gasteiger partial charge in [-0.25, -0.2) is 0 Å². The van der Waals surface area contributed by atoms with Gasteiger partial charge < -0.3 is 10.1 Å². The quantitative estimate of drug-likeness (QED) is 0.354. The predicted molar refractivity (Wildman–Crippen MR) is 132 cm³/mol. The van der Waals surface area contributed by atoms with E-state index < -0.39 is 0 Å². The highest BCUT2D eigenvalue weighted by Crippen LogP contribution is 2.25. The first kappa shape index (κ1) is 22.6. The molecule has 0 spiro atoms. The molecule has 0 radical (unpaired) electrons. The second-order valence-corrected chi connectivity index (χ2v) is 8.56. The Morgan fingerprint density at radius 1 is 0.939 bits per heavy atom. The number of ether oxygens (including phenoxy) is 1. The van der Waals surface area contributed by atoms with Crippen molar-refractivity contribution in [2.75, 3.05) is 18.2 Å². The van der Waals surface area contributed by atoms with E-state index in [9.17, 15) is 4.79 Å². The number of nitrogens with zero attached hydrogens (tertiary/aromatic N) is 3. The summed E-state index contributed by atoms with van der Waals surface area (Å²) in [7, 11) is 1.65. The fourth-order valence-electron chi connectivity index (χ4n) is 3.41. The van der Waals surface area contributed by atoms with Gasteiger partial charge in [-0.2, -0.15) is 0 Å². The number of benzene rings is 3. The molecule has 0 fully saturated rings. The van der Waals surface area contributed by atoms with Crippen LogP contribution in [0.3, 0.4) is 0 Å². The molecule has 33 heavy (non-hydrogen) atoms. The van der Waals surface area contributed by atoms with Crippen molar-refractivity contribution in [1.82, 2.24) is 14.8 Å². The SMILES string of the molecule is COc1ccc(-n2c(CCc3ccccc3)nnc2SCC(=O)Nc2ccc(C)cc2)cc1. The van der Waals surface area contributed by atoms with E-state index in [1.54, 1.807) is 7.11 Å². The van der Waals surface area contributed by atoms with Gasteiger partial charge in [0.25, 0.3) is 0 Å². The average molecular weight is 459 g/mol. The first-order valence-corrected chi connectivity index (χ1v) is 11.7. The summed E-state index contributed by atoms with van der Waals surface area (Å²) < 4.78 is 7.32. The number of rotatable bonds is 9. The highest BCUT2D eigenvalue weighted by Gasteiger charge is 2.16. The lowest BCUT2D eigenvalue weighted by atomic mass is 10.1. The maximum absolute atomic E-state index is 12.5. The van der Waals surface area contributed by atoms with Crippen LogP contribution in [0.5, 0.6) is 5.75 Å². The minimum Gasteiger partial charge on any atom is -0.497 e. The largest absolute Gasteiger partial charge is 0.497 e. The molecule has 0 aliphatic rings. The summed E-state index contributed by atoms with van der Waals surface area (Å²) in [5.74, 6) is 1.79. The Balaban J connectivity index is 1.51.